The van der Waals surface area contributed by atoms with Crippen LogP contribution in [0, 0.1) is 6.92 Å². The van der Waals surface area contributed by atoms with Gasteiger partial charge in [-0.05, 0) is 42.7 Å². The molecule has 0 heterocycles. The second-order valence-corrected chi connectivity index (χ2v) is 6.24. The Bertz CT molecular complexity index is 697. The van der Waals surface area contributed by atoms with Crippen molar-refractivity contribution < 1.29 is 9.53 Å². The summed E-state index contributed by atoms with van der Waals surface area (Å²) < 4.78 is 5.36. The van der Waals surface area contributed by atoms with Crippen LogP contribution in [0.1, 0.15) is 16.7 Å². The van der Waals surface area contributed by atoms with Gasteiger partial charge in [0.25, 0.3) is 0 Å². The van der Waals surface area contributed by atoms with Gasteiger partial charge in [-0.25, -0.2) is 4.79 Å². The number of nitrogens with one attached hydrogen (secondary N) is 2. The van der Waals surface area contributed by atoms with Gasteiger partial charge in [0, 0.05) is 32.9 Å². The molecule has 0 radical (unpaired) electrons. The van der Waals surface area contributed by atoms with E-state index in [9.17, 15) is 4.79 Å². The number of aryl methyl sites for hydroxylation is 1. The number of rotatable bonds is 7. The summed E-state index contributed by atoms with van der Waals surface area (Å²) in [5.41, 5.74) is 4.49. The summed E-state index contributed by atoms with van der Waals surface area (Å²) in [4.78, 5) is 14.0. The number of carbonyl (C=O) groups excluding carboxylic acids is 1. The van der Waals surface area contributed by atoms with Gasteiger partial charge in [-0.1, -0.05) is 29.8 Å². The Labute approximate surface area is 150 Å². The van der Waals surface area contributed by atoms with Crippen LogP contribution in [0.25, 0.3) is 0 Å². The zero-order chi connectivity index (χ0) is 18.2. The third-order valence-electron chi connectivity index (χ3n) is 4.02. The third-order valence-corrected chi connectivity index (χ3v) is 4.02. The summed E-state index contributed by atoms with van der Waals surface area (Å²) in [6.45, 7) is 3.11. The molecule has 2 aromatic carbocycles. The molecule has 25 heavy (non-hydrogen) atoms. The van der Waals surface area contributed by atoms with Crippen molar-refractivity contribution in [1.29, 1.82) is 0 Å². The van der Waals surface area contributed by atoms with Crippen LogP contribution in [0.2, 0.25) is 0 Å². The number of urea groups is 1. The van der Waals surface area contributed by atoms with Crippen LogP contribution < -0.4 is 20.3 Å². The monoisotopic (exact) mass is 341 g/mol. The summed E-state index contributed by atoms with van der Waals surface area (Å²) in [5.74, 6) is 0.855. The molecular formula is C20H27N3O2. The SMILES string of the molecule is COc1ccc(C)cc1CCNC(=O)NCc1ccc(N(C)C)cc1. The van der Waals surface area contributed by atoms with Gasteiger partial charge in [0.15, 0.2) is 0 Å². The maximum atomic E-state index is 11.9. The van der Waals surface area contributed by atoms with Crippen LogP contribution in [-0.2, 0) is 13.0 Å². The van der Waals surface area contributed by atoms with E-state index in [4.69, 9.17) is 4.74 Å². The van der Waals surface area contributed by atoms with Gasteiger partial charge in [0.2, 0.25) is 0 Å². The van der Waals surface area contributed by atoms with Crippen LogP contribution in [0.15, 0.2) is 42.5 Å². The Morgan fingerprint density at radius 2 is 1.80 bits per heavy atom. The van der Waals surface area contributed by atoms with Gasteiger partial charge in [-0.15, -0.1) is 0 Å². The quantitative estimate of drug-likeness (QED) is 0.814. The van der Waals surface area contributed by atoms with Gasteiger partial charge in [-0.3, -0.25) is 0 Å². The number of nitrogens with zero attached hydrogens (tertiary/aromatic N) is 1. The zero-order valence-electron chi connectivity index (χ0n) is 15.4. The van der Waals surface area contributed by atoms with Crippen molar-refractivity contribution in [3.05, 3.63) is 59.2 Å². The van der Waals surface area contributed by atoms with Crippen LogP contribution in [0.4, 0.5) is 10.5 Å². The molecule has 2 N–H and O–H groups in total. The van der Waals surface area contributed by atoms with E-state index in [0.29, 0.717) is 13.1 Å². The number of hydrogen-bond donors (Lipinski definition) is 2. The Morgan fingerprint density at radius 3 is 2.44 bits per heavy atom. The second-order valence-electron chi connectivity index (χ2n) is 6.24. The fraction of sp³-hybridized carbons (Fsp3) is 0.350. The van der Waals surface area contributed by atoms with E-state index in [1.165, 1.54) is 5.56 Å². The van der Waals surface area contributed by atoms with Gasteiger partial charge in [0.1, 0.15) is 5.75 Å². The first-order valence-electron chi connectivity index (χ1n) is 8.41. The maximum Gasteiger partial charge on any atom is 0.315 e. The number of hydrogen-bond acceptors (Lipinski definition) is 3. The molecule has 2 rings (SSSR count). The molecule has 0 aliphatic heterocycles. The van der Waals surface area contributed by atoms with Gasteiger partial charge in [0.05, 0.1) is 7.11 Å². The number of carbonyl (C=O) groups is 1. The Hall–Kier alpha value is -2.69. The average Bonchev–Trinajstić information content (AvgIpc) is 2.60. The van der Waals surface area contributed by atoms with Crippen LogP contribution in [0.3, 0.4) is 0 Å². The van der Waals surface area contributed by atoms with Crippen molar-refractivity contribution in [2.75, 3.05) is 32.6 Å². The molecule has 0 fully saturated rings. The smallest absolute Gasteiger partial charge is 0.315 e. The van der Waals surface area contributed by atoms with E-state index in [1.807, 2.05) is 62.3 Å². The zero-order valence-corrected chi connectivity index (χ0v) is 15.4. The molecule has 5 nitrogen and oxygen atoms in total. The second kappa shape index (κ2) is 8.97. The van der Waals surface area contributed by atoms with Crippen molar-refractivity contribution in [2.24, 2.45) is 0 Å². The van der Waals surface area contributed by atoms with E-state index in [1.54, 1.807) is 7.11 Å². The molecule has 0 spiro atoms. The lowest BCUT2D eigenvalue weighted by molar-refractivity contribution is 0.240. The lowest BCUT2D eigenvalue weighted by atomic mass is 10.1. The summed E-state index contributed by atoms with van der Waals surface area (Å²) in [7, 11) is 5.67. The first-order chi connectivity index (χ1) is 12.0. The number of anilines is 1. The molecule has 0 aromatic heterocycles. The van der Waals surface area contributed by atoms with Crippen LogP contribution >= 0.6 is 0 Å². The minimum atomic E-state index is -0.164. The molecule has 0 bridgehead atoms. The van der Waals surface area contributed by atoms with E-state index in [0.717, 1.165) is 29.0 Å². The van der Waals surface area contributed by atoms with E-state index in [2.05, 4.69) is 16.7 Å². The molecule has 2 amide bonds. The Morgan fingerprint density at radius 1 is 1.08 bits per heavy atom. The highest BCUT2D eigenvalue weighted by Gasteiger charge is 2.05. The van der Waals surface area contributed by atoms with Crippen molar-refractivity contribution in [3.8, 4) is 5.75 Å². The van der Waals surface area contributed by atoms with E-state index in [-0.39, 0.29) is 6.03 Å². The molecule has 2 aromatic rings. The summed E-state index contributed by atoms with van der Waals surface area (Å²) in [5, 5.41) is 5.77. The Balaban J connectivity index is 1.76. The summed E-state index contributed by atoms with van der Waals surface area (Å²) in [6, 6.07) is 14.0. The number of amides is 2. The topological polar surface area (TPSA) is 53.6 Å². The lowest BCUT2D eigenvalue weighted by Gasteiger charge is -2.13. The molecule has 0 atom stereocenters. The predicted molar refractivity (Wildman–Crippen MR) is 102 cm³/mol. The maximum absolute atomic E-state index is 11.9. The van der Waals surface area contributed by atoms with Crippen molar-refractivity contribution >= 4 is 11.7 Å². The molecule has 0 aliphatic rings. The number of benzene rings is 2. The minimum Gasteiger partial charge on any atom is -0.496 e. The molecule has 0 saturated heterocycles. The predicted octanol–water partition coefficient (Wildman–Crippen LogP) is 3.11. The molecular weight excluding hydrogens is 314 g/mol. The normalized spacial score (nSPS) is 10.2. The number of methoxy groups -OCH3 is 1. The minimum absolute atomic E-state index is 0.164. The van der Waals surface area contributed by atoms with E-state index >= 15 is 0 Å². The van der Waals surface area contributed by atoms with Crippen molar-refractivity contribution in [3.63, 3.8) is 0 Å². The molecule has 0 saturated carbocycles. The first kappa shape index (κ1) is 18.6. The Kier molecular flexibility index (Phi) is 6.69. The highest BCUT2D eigenvalue weighted by Crippen LogP contribution is 2.19. The highest BCUT2D eigenvalue weighted by atomic mass is 16.5. The molecule has 5 heteroatoms. The van der Waals surface area contributed by atoms with Gasteiger partial charge >= 0.3 is 6.03 Å². The molecule has 0 aliphatic carbocycles. The van der Waals surface area contributed by atoms with Gasteiger partial charge in [-0.2, -0.15) is 0 Å². The van der Waals surface area contributed by atoms with Gasteiger partial charge < -0.3 is 20.3 Å². The van der Waals surface area contributed by atoms with Crippen molar-refractivity contribution in [2.45, 2.75) is 19.9 Å². The number of ether oxygens (including phenoxy) is 1. The largest absolute Gasteiger partial charge is 0.496 e. The first-order valence-corrected chi connectivity index (χ1v) is 8.41. The lowest BCUT2D eigenvalue weighted by Crippen LogP contribution is -2.36. The fourth-order valence-corrected chi connectivity index (χ4v) is 2.57. The van der Waals surface area contributed by atoms with Crippen LogP contribution in [-0.4, -0.2) is 33.8 Å². The molecule has 0 unspecified atom stereocenters. The van der Waals surface area contributed by atoms with Crippen molar-refractivity contribution in [1.82, 2.24) is 10.6 Å². The van der Waals surface area contributed by atoms with E-state index < -0.39 is 0 Å². The summed E-state index contributed by atoms with van der Waals surface area (Å²) >= 11 is 0. The standard InChI is InChI=1S/C20H27N3O2/c1-15-5-10-19(25-4)17(13-15)11-12-21-20(24)22-14-16-6-8-18(9-7-16)23(2)3/h5-10,13H,11-12,14H2,1-4H3,(H2,21,22,24). The molecule has 134 valence electrons. The highest BCUT2D eigenvalue weighted by molar-refractivity contribution is 5.73. The average molecular weight is 341 g/mol. The summed E-state index contributed by atoms with van der Waals surface area (Å²) in [6.07, 6.45) is 0.732. The van der Waals surface area contributed by atoms with Crippen LogP contribution in [0.5, 0.6) is 5.75 Å². The fourth-order valence-electron chi connectivity index (χ4n) is 2.57. The third kappa shape index (κ3) is 5.71.